The van der Waals surface area contributed by atoms with E-state index in [4.69, 9.17) is 0 Å². The predicted octanol–water partition coefficient (Wildman–Crippen LogP) is 2.08. The minimum atomic E-state index is -0.702. The van der Waals surface area contributed by atoms with E-state index in [1.807, 2.05) is 29.1 Å². The zero-order valence-electron chi connectivity index (χ0n) is 11.2. The van der Waals surface area contributed by atoms with Crippen LogP contribution in [0.1, 0.15) is 32.9 Å². The molecular weight excluding hydrogens is 246 g/mol. The first-order valence-corrected chi connectivity index (χ1v) is 7.21. The highest BCUT2D eigenvalue weighted by Gasteiger charge is 2.22. The second-order valence-electron chi connectivity index (χ2n) is 5.36. The molecule has 5 heteroatoms. The van der Waals surface area contributed by atoms with Gasteiger partial charge in [-0.25, -0.2) is 4.98 Å². The zero-order chi connectivity index (χ0) is 13.2. The van der Waals surface area contributed by atoms with Gasteiger partial charge in [-0.05, 0) is 19.9 Å². The quantitative estimate of drug-likeness (QED) is 0.842. The van der Waals surface area contributed by atoms with E-state index in [-0.39, 0.29) is 0 Å². The van der Waals surface area contributed by atoms with Gasteiger partial charge in [0.2, 0.25) is 0 Å². The van der Waals surface area contributed by atoms with Crippen molar-refractivity contribution in [3.63, 3.8) is 0 Å². The normalized spacial score (nSPS) is 15.4. The molecule has 0 bridgehead atoms. The Morgan fingerprint density at radius 1 is 1.56 bits per heavy atom. The van der Waals surface area contributed by atoms with Crippen molar-refractivity contribution < 1.29 is 5.11 Å². The van der Waals surface area contributed by atoms with Crippen LogP contribution in [0.2, 0.25) is 0 Å². The van der Waals surface area contributed by atoms with Crippen LogP contribution in [0.4, 0.5) is 0 Å². The Kier molecular flexibility index (Phi) is 4.04. The van der Waals surface area contributed by atoms with Crippen LogP contribution in [0.15, 0.2) is 17.8 Å². The molecule has 100 valence electrons. The Balaban J connectivity index is 1.92. The first-order chi connectivity index (χ1) is 8.46. The van der Waals surface area contributed by atoms with Crippen molar-refractivity contribution in [2.75, 3.05) is 6.54 Å². The summed E-state index contributed by atoms with van der Waals surface area (Å²) in [5.41, 5.74) is 0.253. The highest BCUT2D eigenvalue weighted by atomic mass is 32.1. The van der Waals surface area contributed by atoms with Crippen LogP contribution in [-0.4, -0.2) is 32.7 Å². The molecule has 2 N–H and O–H groups in total. The molecule has 0 spiro atoms. The van der Waals surface area contributed by atoms with Gasteiger partial charge in [-0.2, -0.15) is 0 Å². The first kappa shape index (κ1) is 13.5. The fourth-order valence-corrected chi connectivity index (χ4v) is 2.69. The van der Waals surface area contributed by atoms with Crippen molar-refractivity contribution >= 4 is 16.3 Å². The summed E-state index contributed by atoms with van der Waals surface area (Å²) in [6.07, 6.45) is 5.32. The summed E-state index contributed by atoms with van der Waals surface area (Å²) >= 11 is 1.61. The fourth-order valence-electron chi connectivity index (χ4n) is 1.97. The molecule has 0 fully saturated rings. The number of hydrogen-bond donors (Lipinski definition) is 2. The number of imidazole rings is 1. The van der Waals surface area contributed by atoms with E-state index in [0.29, 0.717) is 12.5 Å². The molecule has 0 aromatic carbocycles. The molecule has 2 aromatic rings. The molecule has 2 heterocycles. The van der Waals surface area contributed by atoms with Crippen LogP contribution in [0.5, 0.6) is 0 Å². The maximum absolute atomic E-state index is 10.4. The van der Waals surface area contributed by atoms with Gasteiger partial charge < -0.3 is 10.4 Å². The van der Waals surface area contributed by atoms with Crippen LogP contribution in [0.25, 0.3) is 4.96 Å². The summed E-state index contributed by atoms with van der Waals surface area (Å²) in [5.74, 6) is 0. The number of thiazole rings is 1. The summed E-state index contributed by atoms with van der Waals surface area (Å²) in [4.78, 5) is 5.49. The van der Waals surface area contributed by atoms with E-state index in [2.05, 4.69) is 24.1 Å². The lowest BCUT2D eigenvalue weighted by atomic mass is 9.96. The third-order valence-electron chi connectivity index (χ3n) is 2.92. The largest absolute Gasteiger partial charge is 0.390 e. The molecule has 0 aliphatic heterocycles. The minimum Gasteiger partial charge on any atom is -0.390 e. The number of hydrogen-bond acceptors (Lipinski definition) is 4. The SMILES string of the molecule is CC(C)NCCC(C)(O)Cc1cn2ccsc2n1. The van der Waals surface area contributed by atoms with E-state index < -0.39 is 5.60 Å². The molecule has 0 saturated carbocycles. The van der Waals surface area contributed by atoms with E-state index in [1.165, 1.54) is 0 Å². The van der Waals surface area contributed by atoms with Crippen LogP contribution >= 0.6 is 11.3 Å². The van der Waals surface area contributed by atoms with Gasteiger partial charge in [0, 0.05) is 30.2 Å². The number of rotatable bonds is 6. The molecule has 2 rings (SSSR count). The molecule has 0 saturated heterocycles. The van der Waals surface area contributed by atoms with Gasteiger partial charge in [-0.3, -0.25) is 4.40 Å². The summed E-state index contributed by atoms with van der Waals surface area (Å²) in [6, 6.07) is 0.457. The zero-order valence-corrected chi connectivity index (χ0v) is 12.0. The molecule has 0 radical (unpaired) electrons. The van der Waals surface area contributed by atoms with Crippen molar-refractivity contribution in [1.29, 1.82) is 0 Å². The Hall–Kier alpha value is -0.910. The summed E-state index contributed by atoms with van der Waals surface area (Å²) in [7, 11) is 0. The third kappa shape index (κ3) is 3.54. The third-order valence-corrected chi connectivity index (χ3v) is 3.69. The first-order valence-electron chi connectivity index (χ1n) is 6.33. The topological polar surface area (TPSA) is 49.6 Å². The Labute approximate surface area is 112 Å². The Morgan fingerprint density at radius 2 is 2.33 bits per heavy atom. The molecule has 0 aliphatic carbocycles. The molecule has 4 nitrogen and oxygen atoms in total. The van der Waals surface area contributed by atoms with Gasteiger partial charge in [0.15, 0.2) is 4.96 Å². The number of fused-ring (bicyclic) bond motifs is 1. The maximum atomic E-state index is 10.4. The van der Waals surface area contributed by atoms with E-state index in [0.717, 1.165) is 23.6 Å². The van der Waals surface area contributed by atoms with Gasteiger partial charge in [0.25, 0.3) is 0 Å². The van der Waals surface area contributed by atoms with Crippen molar-refractivity contribution in [2.24, 2.45) is 0 Å². The monoisotopic (exact) mass is 267 g/mol. The fraction of sp³-hybridized carbons (Fsp3) is 0.615. The van der Waals surface area contributed by atoms with Gasteiger partial charge in [0.1, 0.15) is 0 Å². The summed E-state index contributed by atoms with van der Waals surface area (Å²) < 4.78 is 2.00. The molecule has 0 aliphatic rings. The molecule has 18 heavy (non-hydrogen) atoms. The second kappa shape index (κ2) is 5.38. The molecule has 0 amide bonds. The van der Waals surface area contributed by atoms with Crippen LogP contribution in [0, 0.1) is 0 Å². The Morgan fingerprint density at radius 3 is 3.00 bits per heavy atom. The number of nitrogens with zero attached hydrogens (tertiary/aromatic N) is 2. The lowest BCUT2D eigenvalue weighted by Gasteiger charge is -2.23. The van der Waals surface area contributed by atoms with Crippen molar-refractivity contribution in [3.8, 4) is 0 Å². The minimum absolute atomic E-state index is 0.457. The average molecular weight is 267 g/mol. The summed E-state index contributed by atoms with van der Waals surface area (Å²) in [5, 5.41) is 15.7. The standard InChI is InChI=1S/C13H21N3OS/c1-10(2)14-5-4-13(3,17)8-11-9-16-6-7-18-12(16)15-11/h6-7,9-10,14,17H,4-5,8H2,1-3H3. The van der Waals surface area contributed by atoms with E-state index >= 15 is 0 Å². The smallest absolute Gasteiger partial charge is 0.193 e. The van der Waals surface area contributed by atoms with Crippen molar-refractivity contribution in [3.05, 3.63) is 23.5 Å². The number of aliphatic hydroxyl groups is 1. The van der Waals surface area contributed by atoms with E-state index in [1.54, 1.807) is 11.3 Å². The molecular formula is C13H21N3OS. The average Bonchev–Trinajstić information content (AvgIpc) is 2.75. The lowest BCUT2D eigenvalue weighted by Crippen LogP contribution is -2.34. The highest BCUT2D eigenvalue weighted by molar-refractivity contribution is 7.15. The van der Waals surface area contributed by atoms with Gasteiger partial charge in [0.05, 0.1) is 11.3 Å². The van der Waals surface area contributed by atoms with Gasteiger partial charge in [-0.1, -0.05) is 13.8 Å². The van der Waals surface area contributed by atoms with Crippen LogP contribution in [-0.2, 0) is 6.42 Å². The van der Waals surface area contributed by atoms with Crippen LogP contribution < -0.4 is 5.32 Å². The second-order valence-corrected chi connectivity index (χ2v) is 6.23. The van der Waals surface area contributed by atoms with Gasteiger partial charge >= 0.3 is 0 Å². The van der Waals surface area contributed by atoms with E-state index in [9.17, 15) is 5.11 Å². The molecule has 2 aromatic heterocycles. The van der Waals surface area contributed by atoms with Gasteiger partial charge in [-0.15, -0.1) is 11.3 Å². The highest BCUT2D eigenvalue weighted by Crippen LogP contribution is 2.18. The lowest BCUT2D eigenvalue weighted by molar-refractivity contribution is 0.0502. The predicted molar refractivity (Wildman–Crippen MR) is 75.2 cm³/mol. The van der Waals surface area contributed by atoms with Crippen molar-refractivity contribution in [2.45, 2.75) is 45.3 Å². The van der Waals surface area contributed by atoms with Crippen LogP contribution in [0.3, 0.4) is 0 Å². The molecule has 1 unspecified atom stereocenters. The number of aromatic nitrogens is 2. The Bertz CT molecular complexity index is 473. The molecule has 1 atom stereocenters. The number of nitrogens with one attached hydrogen (secondary N) is 1. The van der Waals surface area contributed by atoms with Crippen molar-refractivity contribution in [1.82, 2.24) is 14.7 Å². The maximum Gasteiger partial charge on any atom is 0.193 e. The summed E-state index contributed by atoms with van der Waals surface area (Å²) in [6.45, 7) is 6.92.